The summed E-state index contributed by atoms with van der Waals surface area (Å²) >= 11 is 0. The van der Waals surface area contributed by atoms with Crippen LogP contribution in [0.1, 0.15) is 31.9 Å². The number of rotatable bonds is 7. The summed E-state index contributed by atoms with van der Waals surface area (Å²) in [5.74, 6) is 0.816. The van der Waals surface area contributed by atoms with Crippen LogP contribution in [-0.4, -0.2) is 55.9 Å². The van der Waals surface area contributed by atoms with Crippen LogP contribution in [0, 0.1) is 0 Å². The zero-order valence-corrected chi connectivity index (χ0v) is 13.3. The van der Waals surface area contributed by atoms with Gasteiger partial charge in [-0.2, -0.15) is 0 Å². The summed E-state index contributed by atoms with van der Waals surface area (Å²) < 4.78 is 11.5. The molecule has 21 heavy (non-hydrogen) atoms. The fourth-order valence-electron chi connectivity index (χ4n) is 2.87. The minimum atomic E-state index is 0.137. The van der Waals surface area contributed by atoms with Gasteiger partial charge in [0, 0.05) is 19.3 Å². The Balaban J connectivity index is 2.09. The molecule has 0 saturated carbocycles. The van der Waals surface area contributed by atoms with Crippen LogP contribution in [0.3, 0.4) is 0 Å². The van der Waals surface area contributed by atoms with Gasteiger partial charge in [-0.25, -0.2) is 0 Å². The second-order valence-corrected chi connectivity index (χ2v) is 5.36. The number of nitrogens with zero attached hydrogens (tertiary/aromatic N) is 2. The van der Waals surface area contributed by atoms with E-state index in [1.54, 1.807) is 6.20 Å². The smallest absolute Gasteiger partial charge is 0.137 e. The zero-order chi connectivity index (χ0) is 15.1. The molecular weight excluding hydrogens is 266 g/mol. The van der Waals surface area contributed by atoms with E-state index in [2.05, 4.69) is 28.2 Å². The van der Waals surface area contributed by atoms with Crippen LogP contribution in [0.5, 0.6) is 5.75 Å². The Bertz CT molecular complexity index is 426. The lowest BCUT2D eigenvalue weighted by Gasteiger charge is -2.37. The van der Waals surface area contributed by atoms with E-state index in [1.165, 1.54) is 6.42 Å². The molecule has 1 saturated heterocycles. The first-order chi connectivity index (χ1) is 10.3. The maximum atomic E-state index is 5.99. The predicted molar refractivity (Wildman–Crippen MR) is 83.7 cm³/mol. The number of nitrogens with one attached hydrogen (secondary N) is 1. The predicted octanol–water partition coefficient (Wildman–Crippen LogP) is 1.85. The van der Waals surface area contributed by atoms with Gasteiger partial charge in [-0.1, -0.05) is 6.92 Å². The maximum absolute atomic E-state index is 5.99. The molecule has 0 amide bonds. The molecule has 0 spiro atoms. The quantitative estimate of drug-likeness (QED) is 0.831. The van der Waals surface area contributed by atoms with Gasteiger partial charge in [-0.3, -0.25) is 9.88 Å². The monoisotopic (exact) mass is 293 g/mol. The van der Waals surface area contributed by atoms with Crippen LogP contribution in [0.4, 0.5) is 0 Å². The summed E-state index contributed by atoms with van der Waals surface area (Å²) in [6, 6.07) is 2.19. The van der Waals surface area contributed by atoms with Gasteiger partial charge in [0.15, 0.2) is 0 Å². The third kappa shape index (κ3) is 4.40. The van der Waals surface area contributed by atoms with Crippen molar-refractivity contribution in [1.82, 2.24) is 15.2 Å². The number of aromatic nitrogens is 1. The number of ether oxygens (including phenoxy) is 2. The summed E-state index contributed by atoms with van der Waals surface area (Å²) in [6.45, 7) is 8.76. The lowest BCUT2D eigenvalue weighted by Crippen LogP contribution is -2.47. The first kappa shape index (κ1) is 16.2. The van der Waals surface area contributed by atoms with Crippen molar-refractivity contribution in [3.8, 4) is 5.75 Å². The molecule has 5 nitrogen and oxygen atoms in total. The summed E-state index contributed by atoms with van der Waals surface area (Å²) in [6.07, 6.45) is 4.98. The first-order valence-electron chi connectivity index (χ1n) is 7.87. The summed E-state index contributed by atoms with van der Waals surface area (Å²) in [7, 11) is 1.97. The molecule has 5 heteroatoms. The van der Waals surface area contributed by atoms with Crippen molar-refractivity contribution in [2.45, 2.75) is 32.4 Å². The second-order valence-electron chi connectivity index (χ2n) is 5.36. The number of hydrogen-bond acceptors (Lipinski definition) is 5. The average molecular weight is 293 g/mol. The molecular formula is C16H27N3O2. The lowest BCUT2D eigenvalue weighted by molar-refractivity contribution is -0.0459. The number of likely N-dealkylation sites (N-methyl/N-ethyl adjacent to an activating group) is 1. The third-order valence-electron chi connectivity index (χ3n) is 3.80. The molecule has 2 rings (SSSR count). The molecule has 0 aromatic carbocycles. The molecule has 118 valence electrons. The molecule has 0 radical (unpaired) electrons. The van der Waals surface area contributed by atoms with Crippen molar-refractivity contribution in [2.24, 2.45) is 0 Å². The largest absolute Gasteiger partial charge is 0.492 e. The van der Waals surface area contributed by atoms with Crippen LogP contribution < -0.4 is 10.1 Å². The molecule has 1 aliphatic rings. The fourth-order valence-corrected chi connectivity index (χ4v) is 2.87. The summed E-state index contributed by atoms with van der Waals surface area (Å²) in [5, 5.41) is 3.37. The topological polar surface area (TPSA) is 46.6 Å². The van der Waals surface area contributed by atoms with Gasteiger partial charge in [0.25, 0.3) is 0 Å². The van der Waals surface area contributed by atoms with Gasteiger partial charge < -0.3 is 14.8 Å². The highest BCUT2D eigenvalue weighted by atomic mass is 16.5. The van der Waals surface area contributed by atoms with Crippen molar-refractivity contribution in [3.63, 3.8) is 0 Å². The Hall–Kier alpha value is -1.17. The zero-order valence-electron chi connectivity index (χ0n) is 13.3. The molecule has 2 heterocycles. The Labute approximate surface area is 127 Å². The van der Waals surface area contributed by atoms with E-state index in [4.69, 9.17) is 9.47 Å². The van der Waals surface area contributed by atoms with E-state index in [-0.39, 0.29) is 12.1 Å². The highest BCUT2D eigenvalue weighted by Gasteiger charge is 2.28. The first-order valence-corrected chi connectivity index (χ1v) is 7.87. The van der Waals surface area contributed by atoms with E-state index in [9.17, 15) is 0 Å². The highest BCUT2D eigenvalue weighted by molar-refractivity contribution is 5.27. The number of morpholine rings is 1. The normalized spacial score (nSPS) is 21.2. The van der Waals surface area contributed by atoms with E-state index in [0.29, 0.717) is 6.61 Å². The van der Waals surface area contributed by atoms with E-state index in [0.717, 1.165) is 37.6 Å². The number of pyridine rings is 1. The van der Waals surface area contributed by atoms with Crippen LogP contribution in [0.25, 0.3) is 0 Å². The minimum Gasteiger partial charge on any atom is -0.492 e. The molecule has 1 N–H and O–H groups in total. The standard InChI is InChI=1S/C16H27N3O2/c1-4-6-19-7-8-21-15(12-19)16(17-3)13-9-14(20-5-2)11-18-10-13/h9-11,15-17H,4-8,12H2,1-3H3. The van der Waals surface area contributed by atoms with Crippen LogP contribution in [0.15, 0.2) is 18.5 Å². The van der Waals surface area contributed by atoms with Crippen molar-refractivity contribution >= 4 is 0 Å². The lowest BCUT2D eigenvalue weighted by atomic mass is 10.0. The van der Waals surface area contributed by atoms with Gasteiger partial charge in [0.1, 0.15) is 5.75 Å². The van der Waals surface area contributed by atoms with Crippen LogP contribution in [0.2, 0.25) is 0 Å². The van der Waals surface area contributed by atoms with Gasteiger partial charge >= 0.3 is 0 Å². The van der Waals surface area contributed by atoms with Crippen LogP contribution in [-0.2, 0) is 4.74 Å². The minimum absolute atomic E-state index is 0.137. The Morgan fingerprint density at radius 3 is 3.05 bits per heavy atom. The number of hydrogen-bond donors (Lipinski definition) is 1. The van der Waals surface area contributed by atoms with Gasteiger partial charge in [-0.15, -0.1) is 0 Å². The summed E-state index contributed by atoms with van der Waals surface area (Å²) in [5.41, 5.74) is 1.12. The fraction of sp³-hybridized carbons (Fsp3) is 0.688. The van der Waals surface area contributed by atoms with Gasteiger partial charge in [0.05, 0.1) is 31.6 Å². The van der Waals surface area contributed by atoms with Crippen LogP contribution >= 0.6 is 0 Å². The molecule has 1 aromatic heterocycles. The SMILES string of the molecule is CCCN1CCOC(C(NC)c2cncc(OCC)c2)C1. The molecule has 1 aromatic rings. The van der Waals surface area contributed by atoms with E-state index < -0.39 is 0 Å². The average Bonchev–Trinajstić information content (AvgIpc) is 2.50. The van der Waals surface area contributed by atoms with Gasteiger partial charge in [0.2, 0.25) is 0 Å². The summed E-state index contributed by atoms with van der Waals surface area (Å²) in [4.78, 5) is 6.76. The maximum Gasteiger partial charge on any atom is 0.137 e. The molecule has 2 atom stereocenters. The third-order valence-corrected chi connectivity index (χ3v) is 3.80. The van der Waals surface area contributed by atoms with E-state index >= 15 is 0 Å². The second kappa shape index (κ2) is 8.32. The van der Waals surface area contributed by atoms with Crippen molar-refractivity contribution in [3.05, 3.63) is 24.0 Å². The van der Waals surface area contributed by atoms with Crippen molar-refractivity contribution < 1.29 is 9.47 Å². The highest BCUT2D eigenvalue weighted by Crippen LogP contribution is 2.24. The van der Waals surface area contributed by atoms with E-state index in [1.807, 2.05) is 20.2 Å². The Morgan fingerprint density at radius 1 is 1.48 bits per heavy atom. The Kier molecular flexibility index (Phi) is 6.42. The molecule has 0 bridgehead atoms. The van der Waals surface area contributed by atoms with Crippen molar-refractivity contribution in [1.29, 1.82) is 0 Å². The van der Waals surface area contributed by atoms with Crippen molar-refractivity contribution in [2.75, 3.05) is 39.9 Å². The molecule has 1 fully saturated rings. The molecule has 0 aliphatic carbocycles. The molecule has 2 unspecified atom stereocenters. The molecule has 1 aliphatic heterocycles. The van der Waals surface area contributed by atoms with Gasteiger partial charge in [-0.05, 0) is 38.6 Å². The Morgan fingerprint density at radius 2 is 2.33 bits per heavy atom.